The van der Waals surface area contributed by atoms with Crippen LogP contribution in [0.5, 0.6) is 11.5 Å². The van der Waals surface area contributed by atoms with E-state index in [0.717, 1.165) is 44.7 Å². The van der Waals surface area contributed by atoms with Crippen molar-refractivity contribution in [2.45, 2.75) is 10.3 Å². The van der Waals surface area contributed by atoms with E-state index in [1.165, 1.54) is 0 Å². The van der Waals surface area contributed by atoms with Crippen LogP contribution >= 0.6 is 23.5 Å². The van der Waals surface area contributed by atoms with Gasteiger partial charge in [-0.25, -0.2) is 0 Å². The van der Waals surface area contributed by atoms with Gasteiger partial charge in [-0.15, -0.1) is 10.2 Å². The van der Waals surface area contributed by atoms with Gasteiger partial charge in [-0.05, 0) is 69.4 Å². The van der Waals surface area contributed by atoms with Crippen LogP contribution in [0.1, 0.15) is 0 Å². The Morgan fingerprint density at radius 2 is 1.07 bits per heavy atom. The fourth-order valence-electron chi connectivity index (χ4n) is 2.57. The largest absolute Gasteiger partial charge is 0.497 e. The van der Waals surface area contributed by atoms with Crippen LogP contribution in [-0.2, 0) is 0 Å². The number of hydrogen-bond acceptors (Lipinski definition) is 10. The lowest BCUT2D eigenvalue weighted by molar-refractivity contribution is 0.414. The molecular weight excluding hydrogens is 424 g/mol. The summed E-state index contributed by atoms with van der Waals surface area (Å²) < 4.78 is 13.8. The molecule has 0 amide bonds. The lowest BCUT2D eigenvalue weighted by atomic mass is 10.3. The van der Waals surface area contributed by atoms with Gasteiger partial charge in [0.05, 0.1) is 25.6 Å². The maximum absolute atomic E-state index is 5.19. The van der Waals surface area contributed by atoms with Crippen LogP contribution in [-0.4, -0.2) is 66.1 Å². The first-order valence-electron chi connectivity index (χ1n) is 8.89. The molecule has 4 aromatic rings. The minimum absolute atomic E-state index is 0.718. The number of methoxy groups -OCH3 is 2. The van der Waals surface area contributed by atoms with Crippen LogP contribution in [0, 0.1) is 0 Å². The van der Waals surface area contributed by atoms with Crippen molar-refractivity contribution in [1.82, 2.24) is 40.4 Å². The summed E-state index contributed by atoms with van der Waals surface area (Å²) in [5, 5.41) is 25.4. The summed E-state index contributed by atoms with van der Waals surface area (Å²) in [6.45, 7) is 0. The van der Waals surface area contributed by atoms with E-state index >= 15 is 0 Å². The molecule has 0 N–H and O–H groups in total. The van der Waals surface area contributed by atoms with Gasteiger partial charge in [0.15, 0.2) is 0 Å². The number of hydrogen-bond donors (Lipinski definition) is 0. The van der Waals surface area contributed by atoms with Gasteiger partial charge in [-0.1, -0.05) is 23.5 Å². The third-order valence-electron chi connectivity index (χ3n) is 4.06. The second kappa shape index (κ2) is 9.59. The molecule has 0 aliphatic heterocycles. The van der Waals surface area contributed by atoms with Crippen LogP contribution in [0.4, 0.5) is 0 Å². The number of nitrogens with zero attached hydrogens (tertiary/aromatic N) is 8. The first kappa shape index (κ1) is 20.2. The predicted octanol–water partition coefficient (Wildman–Crippen LogP) is 2.54. The summed E-state index contributed by atoms with van der Waals surface area (Å²) in [6, 6.07) is 15.2. The van der Waals surface area contributed by atoms with Crippen molar-refractivity contribution in [3.63, 3.8) is 0 Å². The monoisotopic (exact) mass is 442 g/mol. The Bertz CT molecular complexity index is 995. The maximum atomic E-state index is 5.19. The first-order valence-corrected chi connectivity index (χ1v) is 10.9. The third kappa shape index (κ3) is 4.54. The van der Waals surface area contributed by atoms with Crippen LogP contribution in [0.25, 0.3) is 11.4 Å². The van der Waals surface area contributed by atoms with E-state index in [9.17, 15) is 0 Å². The molecule has 0 bridgehead atoms. The highest BCUT2D eigenvalue weighted by Gasteiger charge is 2.12. The molecule has 4 rings (SSSR count). The standard InChI is InChI=1S/C18H18N8O2S2/c1-27-15-7-3-13(4-8-15)25-17(19-21-23-25)29-11-12-30-18-20-22-24-26(18)14-5-9-16(28-2)10-6-14/h3-10H,11-12H2,1-2H3. The van der Waals surface area contributed by atoms with Crippen molar-refractivity contribution in [3.05, 3.63) is 48.5 Å². The van der Waals surface area contributed by atoms with Crippen molar-refractivity contribution in [2.24, 2.45) is 0 Å². The molecule has 0 aliphatic carbocycles. The molecule has 0 saturated carbocycles. The molecule has 0 spiro atoms. The Morgan fingerprint density at radius 3 is 1.43 bits per heavy atom. The quantitative estimate of drug-likeness (QED) is 0.283. The molecule has 0 radical (unpaired) electrons. The number of benzene rings is 2. The molecule has 0 fully saturated rings. The third-order valence-corrected chi connectivity index (χ3v) is 6.16. The zero-order valence-electron chi connectivity index (χ0n) is 16.2. The fraction of sp³-hybridized carbons (Fsp3) is 0.222. The Balaban J connectivity index is 1.35. The molecule has 2 aromatic heterocycles. The Labute approximate surface area is 181 Å². The number of aromatic nitrogens is 8. The molecule has 154 valence electrons. The van der Waals surface area contributed by atoms with E-state index in [1.54, 1.807) is 47.1 Å². The van der Waals surface area contributed by atoms with Crippen LogP contribution in [0.15, 0.2) is 58.8 Å². The molecule has 2 heterocycles. The molecule has 10 nitrogen and oxygen atoms in total. The first-order chi connectivity index (χ1) is 14.8. The zero-order chi connectivity index (χ0) is 20.8. The number of rotatable bonds is 9. The van der Waals surface area contributed by atoms with Crippen LogP contribution in [0.3, 0.4) is 0 Å². The summed E-state index contributed by atoms with van der Waals surface area (Å²) in [4.78, 5) is 0. The van der Waals surface area contributed by atoms with Crippen LogP contribution < -0.4 is 9.47 Å². The lowest BCUT2D eigenvalue weighted by Crippen LogP contribution is -2.01. The van der Waals surface area contributed by atoms with E-state index in [1.807, 2.05) is 48.5 Å². The molecule has 0 unspecified atom stereocenters. The average molecular weight is 443 g/mol. The SMILES string of the molecule is COc1ccc(-n2nnnc2SCCSc2nnnn2-c2ccc(OC)cc2)cc1. The van der Waals surface area contributed by atoms with Gasteiger partial charge in [-0.2, -0.15) is 9.36 Å². The average Bonchev–Trinajstić information content (AvgIpc) is 3.46. The molecule has 12 heteroatoms. The van der Waals surface area contributed by atoms with E-state index in [0.29, 0.717) is 0 Å². The van der Waals surface area contributed by atoms with Gasteiger partial charge in [0, 0.05) is 11.5 Å². The summed E-state index contributed by atoms with van der Waals surface area (Å²) in [5.74, 6) is 3.15. The fourth-order valence-corrected chi connectivity index (χ4v) is 4.32. The van der Waals surface area contributed by atoms with E-state index < -0.39 is 0 Å². The van der Waals surface area contributed by atoms with Crippen molar-refractivity contribution in [3.8, 4) is 22.9 Å². The smallest absolute Gasteiger partial charge is 0.214 e. The number of tetrazole rings is 2. The molecule has 0 atom stereocenters. The molecule has 0 saturated heterocycles. The number of thioether (sulfide) groups is 2. The molecule has 30 heavy (non-hydrogen) atoms. The number of ether oxygens (including phenoxy) is 2. The Morgan fingerprint density at radius 1 is 0.667 bits per heavy atom. The topological polar surface area (TPSA) is 106 Å². The van der Waals surface area contributed by atoms with Gasteiger partial charge in [0.1, 0.15) is 11.5 Å². The minimum Gasteiger partial charge on any atom is -0.497 e. The zero-order valence-corrected chi connectivity index (χ0v) is 17.9. The highest BCUT2D eigenvalue weighted by atomic mass is 32.2. The molecular formula is C18H18N8O2S2. The summed E-state index contributed by atoms with van der Waals surface area (Å²) in [5.41, 5.74) is 1.75. The second-order valence-electron chi connectivity index (χ2n) is 5.84. The molecule has 2 aromatic carbocycles. The predicted molar refractivity (Wildman–Crippen MR) is 113 cm³/mol. The van der Waals surface area contributed by atoms with E-state index in [4.69, 9.17) is 9.47 Å². The second-order valence-corrected chi connectivity index (χ2v) is 7.96. The van der Waals surface area contributed by atoms with Gasteiger partial charge in [-0.3, -0.25) is 0 Å². The lowest BCUT2D eigenvalue weighted by Gasteiger charge is -2.06. The molecule has 0 aliphatic rings. The van der Waals surface area contributed by atoms with Crippen molar-refractivity contribution >= 4 is 23.5 Å². The van der Waals surface area contributed by atoms with E-state index in [-0.39, 0.29) is 0 Å². The summed E-state index contributed by atoms with van der Waals surface area (Å²) in [6.07, 6.45) is 0. The maximum Gasteiger partial charge on any atom is 0.214 e. The van der Waals surface area contributed by atoms with Gasteiger partial charge < -0.3 is 9.47 Å². The highest BCUT2D eigenvalue weighted by molar-refractivity contribution is 8.02. The van der Waals surface area contributed by atoms with Crippen molar-refractivity contribution < 1.29 is 9.47 Å². The normalized spacial score (nSPS) is 10.9. The minimum atomic E-state index is 0.718. The van der Waals surface area contributed by atoms with E-state index in [2.05, 4.69) is 31.1 Å². The summed E-state index contributed by atoms with van der Waals surface area (Å²) >= 11 is 3.13. The Kier molecular flexibility index (Phi) is 6.44. The van der Waals surface area contributed by atoms with Gasteiger partial charge in [0.2, 0.25) is 10.3 Å². The highest BCUT2D eigenvalue weighted by Crippen LogP contribution is 2.24. The van der Waals surface area contributed by atoms with Crippen molar-refractivity contribution in [2.75, 3.05) is 25.7 Å². The van der Waals surface area contributed by atoms with Crippen molar-refractivity contribution in [1.29, 1.82) is 0 Å². The van der Waals surface area contributed by atoms with Gasteiger partial charge >= 0.3 is 0 Å². The summed E-state index contributed by atoms with van der Waals surface area (Å²) in [7, 11) is 3.27. The van der Waals surface area contributed by atoms with Crippen LogP contribution in [0.2, 0.25) is 0 Å². The Hall–Kier alpha value is -3.12. The van der Waals surface area contributed by atoms with Gasteiger partial charge in [0.25, 0.3) is 0 Å².